The van der Waals surface area contributed by atoms with E-state index in [9.17, 15) is 9.18 Å². The van der Waals surface area contributed by atoms with Crippen LogP contribution in [-0.2, 0) is 11.2 Å². The van der Waals surface area contributed by atoms with E-state index in [1.165, 1.54) is 0 Å². The molecule has 0 saturated carbocycles. The molecule has 1 unspecified atom stereocenters. The monoisotopic (exact) mass is 202 g/mol. The van der Waals surface area contributed by atoms with Crippen LogP contribution in [0.25, 0.3) is 0 Å². The first-order valence-electron chi connectivity index (χ1n) is 3.71. The third-order valence-corrected chi connectivity index (χ3v) is 1.99. The van der Waals surface area contributed by atoms with Crippen molar-refractivity contribution < 1.29 is 14.3 Å². The predicted octanol–water partition coefficient (Wildman–Crippen LogP) is 2.31. The number of benzene rings is 1. The third kappa shape index (κ3) is 2.70. The summed E-state index contributed by atoms with van der Waals surface area (Å²) in [6.45, 7) is 0. The van der Waals surface area contributed by atoms with Gasteiger partial charge in [-0.25, -0.2) is 9.18 Å². The number of rotatable bonds is 3. The summed E-state index contributed by atoms with van der Waals surface area (Å²) in [5.74, 6) is -1.46. The predicted molar refractivity (Wildman–Crippen MR) is 47.7 cm³/mol. The zero-order valence-corrected chi connectivity index (χ0v) is 7.46. The van der Waals surface area contributed by atoms with Crippen LogP contribution in [0.15, 0.2) is 24.3 Å². The molecule has 13 heavy (non-hydrogen) atoms. The van der Waals surface area contributed by atoms with Gasteiger partial charge in [0.25, 0.3) is 0 Å². The molecule has 0 aliphatic rings. The number of halogens is 2. The fraction of sp³-hybridized carbons (Fsp3) is 0.222. The van der Waals surface area contributed by atoms with Crippen LogP contribution in [0.2, 0.25) is 5.02 Å². The Labute approximate surface area is 80.0 Å². The van der Waals surface area contributed by atoms with Crippen molar-refractivity contribution >= 4 is 17.6 Å². The first-order valence-corrected chi connectivity index (χ1v) is 4.09. The number of alkyl halides is 1. The lowest BCUT2D eigenvalue weighted by Crippen LogP contribution is -2.17. The number of hydrogen-bond donors (Lipinski definition) is 1. The molecule has 2 nitrogen and oxygen atoms in total. The highest BCUT2D eigenvalue weighted by molar-refractivity contribution is 6.31. The van der Waals surface area contributed by atoms with Crippen molar-refractivity contribution in [1.29, 1.82) is 0 Å². The minimum atomic E-state index is -1.89. The minimum Gasteiger partial charge on any atom is -0.479 e. The summed E-state index contributed by atoms with van der Waals surface area (Å²) in [6.07, 6.45) is -2.07. The molecule has 1 rings (SSSR count). The van der Waals surface area contributed by atoms with Crippen molar-refractivity contribution in [3.05, 3.63) is 34.9 Å². The van der Waals surface area contributed by atoms with Gasteiger partial charge in [0.15, 0.2) is 0 Å². The van der Waals surface area contributed by atoms with E-state index in [2.05, 4.69) is 0 Å². The summed E-state index contributed by atoms with van der Waals surface area (Å²) >= 11 is 5.71. The summed E-state index contributed by atoms with van der Waals surface area (Å²) in [4.78, 5) is 10.2. The van der Waals surface area contributed by atoms with Gasteiger partial charge in [-0.15, -0.1) is 0 Å². The Bertz CT molecular complexity index is 314. The molecular weight excluding hydrogens is 195 g/mol. The summed E-state index contributed by atoms with van der Waals surface area (Å²) < 4.78 is 12.7. The van der Waals surface area contributed by atoms with Gasteiger partial charge in [-0.1, -0.05) is 29.8 Å². The molecule has 0 spiro atoms. The molecule has 1 aromatic carbocycles. The van der Waals surface area contributed by atoms with Crippen LogP contribution in [0, 0.1) is 0 Å². The SMILES string of the molecule is O=C(O)C(F)Cc1ccccc1Cl. The molecule has 0 amide bonds. The molecule has 1 atom stereocenters. The lowest BCUT2D eigenvalue weighted by atomic mass is 10.1. The topological polar surface area (TPSA) is 37.3 Å². The quantitative estimate of drug-likeness (QED) is 0.817. The Morgan fingerprint density at radius 2 is 2.15 bits per heavy atom. The highest BCUT2D eigenvalue weighted by Gasteiger charge is 2.17. The van der Waals surface area contributed by atoms with E-state index >= 15 is 0 Å². The Hall–Kier alpha value is -1.09. The standard InChI is InChI=1S/C9H8ClFO2/c10-7-4-2-1-3-6(7)5-8(11)9(12)13/h1-4,8H,5H2,(H,12,13). The van der Waals surface area contributed by atoms with Crippen LogP contribution in [0.1, 0.15) is 5.56 Å². The largest absolute Gasteiger partial charge is 0.479 e. The zero-order valence-electron chi connectivity index (χ0n) is 6.71. The Kier molecular flexibility index (Phi) is 3.25. The molecule has 0 aliphatic carbocycles. The summed E-state index contributed by atoms with van der Waals surface area (Å²) in [5, 5.41) is 8.71. The first kappa shape index (κ1) is 9.99. The summed E-state index contributed by atoms with van der Waals surface area (Å²) in [5.41, 5.74) is 0.513. The number of carboxylic acids is 1. The van der Waals surface area contributed by atoms with Gasteiger partial charge < -0.3 is 5.11 Å². The molecular formula is C9H8ClFO2. The van der Waals surface area contributed by atoms with Gasteiger partial charge in [0.2, 0.25) is 6.17 Å². The van der Waals surface area contributed by atoms with Crippen molar-refractivity contribution in [3.8, 4) is 0 Å². The molecule has 0 fully saturated rings. The fourth-order valence-corrected chi connectivity index (χ4v) is 1.16. The van der Waals surface area contributed by atoms with Gasteiger partial charge in [-0.3, -0.25) is 0 Å². The molecule has 0 heterocycles. The first-order chi connectivity index (χ1) is 6.11. The van der Waals surface area contributed by atoms with Crippen molar-refractivity contribution in [2.45, 2.75) is 12.6 Å². The average molecular weight is 203 g/mol. The van der Waals surface area contributed by atoms with Crippen LogP contribution < -0.4 is 0 Å². The molecule has 70 valence electrons. The lowest BCUT2D eigenvalue weighted by molar-refractivity contribution is -0.142. The molecule has 1 aromatic rings. The number of hydrogen-bond acceptors (Lipinski definition) is 1. The zero-order chi connectivity index (χ0) is 9.84. The van der Waals surface area contributed by atoms with Crippen molar-refractivity contribution in [2.24, 2.45) is 0 Å². The van der Waals surface area contributed by atoms with Gasteiger partial charge in [-0.05, 0) is 11.6 Å². The second-order valence-corrected chi connectivity index (χ2v) is 3.01. The highest BCUT2D eigenvalue weighted by Crippen LogP contribution is 2.17. The smallest absolute Gasteiger partial charge is 0.338 e. The maximum atomic E-state index is 12.7. The van der Waals surface area contributed by atoms with E-state index in [1.54, 1.807) is 24.3 Å². The second-order valence-electron chi connectivity index (χ2n) is 2.60. The Morgan fingerprint density at radius 3 is 2.69 bits per heavy atom. The molecule has 1 N–H and O–H groups in total. The Balaban J connectivity index is 2.74. The summed E-state index contributed by atoms with van der Waals surface area (Å²) in [6, 6.07) is 6.61. The number of carbonyl (C=O) groups is 1. The van der Waals surface area contributed by atoms with E-state index in [-0.39, 0.29) is 6.42 Å². The van der Waals surface area contributed by atoms with E-state index in [0.717, 1.165) is 0 Å². The van der Waals surface area contributed by atoms with Crippen LogP contribution in [0.4, 0.5) is 4.39 Å². The van der Waals surface area contributed by atoms with Gasteiger partial charge in [0.1, 0.15) is 0 Å². The molecule has 0 bridgehead atoms. The maximum absolute atomic E-state index is 12.7. The average Bonchev–Trinajstić information content (AvgIpc) is 2.08. The molecule has 0 saturated heterocycles. The normalized spacial score (nSPS) is 12.5. The van der Waals surface area contributed by atoms with Crippen LogP contribution in [0.3, 0.4) is 0 Å². The van der Waals surface area contributed by atoms with Crippen molar-refractivity contribution in [2.75, 3.05) is 0 Å². The number of aliphatic carboxylic acids is 1. The molecule has 0 radical (unpaired) electrons. The Morgan fingerprint density at radius 1 is 1.54 bits per heavy atom. The highest BCUT2D eigenvalue weighted by atomic mass is 35.5. The van der Waals surface area contributed by atoms with Gasteiger partial charge in [-0.2, -0.15) is 0 Å². The van der Waals surface area contributed by atoms with Gasteiger partial charge >= 0.3 is 5.97 Å². The second kappa shape index (κ2) is 4.23. The van der Waals surface area contributed by atoms with Gasteiger partial charge in [0, 0.05) is 11.4 Å². The minimum absolute atomic E-state index is 0.186. The third-order valence-electron chi connectivity index (χ3n) is 1.62. The van der Waals surface area contributed by atoms with Gasteiger partial charge in [0.05, 0.1) is 0 Å². The van der Waals surface area contributed by atoms with Crippen LogP contribution in [0.5, 0.6) is 0 Å². The summed E-state index contributed by atoms with van der Waals surface area (Å²) in [7, 11) is 0. The molecule has 4 heteroatoms. The fourth-order valence-electron chi connectivity index (χ4n) is 0.944. The van der Waals surface area contributed by atoms with Crippen LogP contribution in [-0.4, -0.2) is 17.2 Å². The van der Waals surface area contributed by atoms with Crippen molar-refractivity contribution in [3.63, 3.8) is 0 Å². The van der Waals surface area contributed by atoms with Crippen molar-refractivity contribution in [1.82, 2.24) is 0 Å². The maximum Gasteiger partial charge on any atom is 0.338 e. The van der Waals surface area contributed by atoms with E-state index in [0.29, 0.717) is 10.6 Å². The molecule has 0 aliphatic heterocycles. The molecule has 0 aromatic heterocycles. The van der Waals surface area contributed by atoms with E-state index < -0.39 is 12.1 Å². The number of carboxylic acid groups (broad SMARTS) is 1. The lowest BCUT2D eigenvalue weighted by Gasteiger charge is -2.04. The van der Waals surface area contributed by atoms with E-state index in [1.807, 2.05) is 0 Å². The van der Waals surface area contributed by atoms with E-state index in [4.69, 9.17) is 16.7 Å². The van der Waals surface area contributed by atoms with Crippen LogP contribution >= 0.6 is 11.6 Å².